The van der Waals surface area contributed by atoms with Crippen LogP contribution in [0.25, 0.3) is 0 Å². The maximum Gasteiger partial charge on any atom is 0.231 e. The second-order valence-electron chi connectivity index (χ2n) is 5.36. The van der Waals surface area contributed by atoms with Crippen molar-refractivity contribution in [2.75, 3.05) is 13.1 Å². The van der Waals surface area contributed by atoms with E-state index in [4.69, 9.17) is 9.78 Å². The van der Waals surface area contributed by atoms with Crippen molar-refractivity contribution >= 4 is 0 Å². The van der Waals surface area contributed by atoms with Crippen molar-refractivity contribution in [2.24, 2.45) is 7.05 Å². The van der Waals surface area contributed by atoms with Crippen molar-refractivity contribution in [3.05, 3.63) is 35.2 Å². The largest absolute Gasteiger partial charge is 0.342 e. The Morgan fingerprint density at radius 3 is 3.05 bits per heavy atom. The lowest BCUT2D eigenvalue weighted by atomic mass is 10.1. The molecule has 1 fully saturated rings. The lowest BCUT2D eigenvalue weighted by molar-refractivity contribution is 0.308. The standard InChI is InChI=1S/C14H17N5O/c1-10-16-14(20-17-10)12-3-4-19(9-12)8-11-5-13(6-15)18(2)7-11/h5,7,12H,3-4,8-9H2,1-2H3/t12-/m1/s1. The van der Waals surface area contributed by atoms with Crippen molar-refractivity contribution in [3.63, 3.8) is 0 Å². The zero-order valence-corrected chi connectivity index (χ0v) is 11.7. The summed E-state index contributed by atoms with van der Waals surface area (Å²) in [6, 6.07) is 4.14. The number of likely N-dealkylation sites (tertiary alicyclic amines) is 1. The number of hydrogen-bond acceptors (Lipinski definition) is 5. The van der Waals surface area contributed by atoms with Gasteiger partial charge in [0.25, 0.3) is 0 Å². The van der Waals surface area contributed by atoms with Gasteiger partial charge >= 0.3 is 0 Å². The highest BCUT2D eigenvalue weighted by atomic mass is 16.5. The number of rotatable bonds is 3. The predicted molar refractivity (Wildman–Crippen MR) is 71.8 cm³/mol. The van der Waals surface area contributed by atoms with Crippen LogP contribution in [0.3, 0.4) is 0 Å². The molecule has 0 saturated carbocycles. The van der Waals surface area contributed by atoms with Crippen molar-refractivity contribution in [2.45, 2.75) is 25.8 Å². The molecule has 1 atom stereocenters. The van der Waals surface area contributed by atoms with Gasteiger partial charge in [0.2, 0.25) is 5.89 Å². The fourth-order valence-electron chi connectivity index (χ4n) is 2.75. The first-order chi connectivity index (χ1) is 9.65. The van der Waals surface area contributed by atoms with E-state index in [9.17, 15) is 0 Å². The molecule has 0 aliphatic carbocycles. The summed E-state index contributed by atoms with van der Waals surface area (Å²) in [5.41, 5.74) is 1.87. The van der Waals surface area contributed by atoms with Gasteiger partial charge in [-0.2, -0.15) is 10.2 Å². The van der Waals surface area contributed by atoms with E-state index in [0.717, 1.165) is 31.9 Å². The van der Waals surface area contributed by atoms with Crippen LogP contribution in [0, 0.1) is 18.3 Å². The van der Waals surface area contributed by atoms with Crippen molar-refractivity contribution in [1.29, 1.82) is 5.26 Å². The van der Waals surface area contributed by atoms with Crippen molar-refractivity contribution in [1.82, 2.24) is 19.6 Å². The number of aryl methyl sites for hydroxylation is 2. The summed E-state index contributed by atoms with van der Waals surface area (Å²) in [5, 5.41) is 12.8. The Hall–Kier alpha value is -2.13. The highest BCUT2D eigenvalue weighted by Crippen LogP contribution is 2.27. The molecule has 3 rings (SSSR count). The maximum absolute atomic E-state index is 8.97. The normalized spacial score (nSPS) is 19.4. The molecule has 0 unspecified atom stereocenters. The monoisotopic (exact) mass is 271 g/mol. The summed E-state index contributed by atoms with van der Waals surface area (Å²) in [6.07, 6.45) is 3.06. The third kappa shape index (κ3) is 2.45. The predicted octanol–water partition coefficient (Wildman–Crippen LogP) is 1.58. The molecule has 0 spiro atoms. The number of nitriles is 1. The van der Waals surface area contributed by atoms with E-state index >= 15 is 0 Å². The van der Waals surface area contributed by atoms with Crippen molar-refractivity contribution in [3.8, 4) is 6.07 Å². The molecule has 1 aliphatic heterocycles. The van der Waals surface area contributed by atoms with Crippen LogP contribution in [-0.2, 0) is 13.6 Å². The van der Waals surface area contributed by atoms with Crippen LogP contribution in [0.2, 0.25) is 0 Å². The number of nitrogens with zero attached hydrogens (tertiary/aromatic N) is 5. The van der Waals surface area contributed by atoms with Gasteiger partial charge in [-0.3, -0.25) is 4.90 Å². The van der Waals surface area contributed by atoms with E-state index in [-0.39, 0.29) is 0 Å². The summed E-state index contributed by atoms with van der Waals surface area (Å²) in [5.74, 6) is 1.77. The summed E-state index contributed by atoms with van der Waals surface area (Å²) < 4.78 is 7.12. The van der Waals surface area contributed by atoms with Crippen LogP contribution < -0.4 is 0 Å². The van der Waals surface area contributed by atoms with Gasteiger partial charge in [-0.1, -0.05) is 5.16 Å². The van der Waals surface area contributed by atoms with Gasteiger partial charge in [0.05, 0.1) is 5.92 Å². The number of hydrogen-bond donors (Lipinski definition) is 0. The Kier molecular flexibility index (Phi) is 3.28. The summed E-state index contributed by atoms with van der Waals surface area (Å²) >= 11 is 0. The van der Waals surface area contributed by atoms with Crippen LogP contribution >= 0.6 is 0 Å². The molecule has 1 aliphatic rings. The minimum absolute atomic E-state index is 0.329. The Balaban J connectivity index is 1.64. The molecule has 0 radical (unpaired) electrons. The topological polar surface area (TPSA) is 70.9 Å². The summed E-state index contributed by atoms with van der Waals surface area (Å²) in [4.78, 5) is 6.68. The summed E-state index contributed by atoms with van der Waals surface area (Å²) in [7, 11) is 1.90. The van der Waals surface area contributed by atoms with E-state index in [1.165, 1.54) is 5.56 Å². The first-order valence-corrected chi connectivity index (χ1v) is 6.73. The third-order valence-electron chi connectivity index (χ3n) is 3.75. The zero-order chi connectivity index (χ0) is 14.1. The van der Waals surface area contributed by atoms with Gasteiger partial charge < -0.3 is 9.09 Å². The molecule has 0 bridgehead atoms. The molecule has 104 valence electrons. The molecule has 1 saturated heterocycles. The SMILES string of the molecule is Cc1noc([C@@H]2CCN(Cc3cc(C#N)n(C)c3)C2)n1. The zero-order valence-electron chi connectivity index (χ0n) is 11.7. The minimum atomic E-state index is 0.329. The average molecular weight is 271 g/mol. The average Bonchev–Trinajstić information content (AvgIpc) is 3.10. The Bertz CT molecular complexity index is 651. The van der Waals surface area contributed by atoms with Gasteiger partial charge in [0.1, 0.15) is 11.8 Å². The third-order valence-corrected chi connectivity index (χ3v) is 3.75. The molecule has 0 N–H and O–H groups in total. The van der Waals surface area contributed by atoms with Crippen LogP contribution in [0.1, 0.15) is 35.3 Å². The molecule has 6 nitrogen and oxygen atoms in total. The number of aromatic nitrogens is 3. The Morgan fingerprint density at radius 2 is 2.40 bits per heavy atom. The first-order valence-electron chi connectivity index (χ1n) is 6.73. The maximum atomic E-state index is 8.97. The van der Waals surface area contributed by atoms with Gasteiger partial charge in [-0.05, 0) is 31.5 Å². The molecular formula is C14H17N5O. The van der Waals surface area contributed by atoms with E-state index in [0.29, 0.717) is 17.4 Å². The van der Waals surface area contributed by atoms with Crippen LogP contribution in [0.15, 0.2) is 16.8 Å². The van der Waals surface area contributed by atoms with E-state index < -0.39 is 0 Å². The van der Waals surface area contributed by atoms with Crippen LogP contribution in [0.4, 0.5) is 0 Å². The molecule has 0 aromatic carbocycles. The highest BCUT2D eigenvalue weighted by Gasteiger charge is 2.28. The molecule has 2 aromatic rings. The lowest BCUT2D eigenvalue weighted by Crippen LogP contribution is -2.19. The first kappa shape index (κ1) is 12.9. The minimum Gasteiger partial charge on any atom is -0.342 e. The van der Waals surface area contributed by atoms with Crippen LogP contribution in [-0.4, -0.2) is 32.7 Å². The van der Waals surface area contributed by atoms with Gasteiger partial charge in [-0.15, -0.1) is 0 Å². The van der Waals surface area contributed by atoms with Gasteiger partial charge in [0.15, 0.2) is 5.82 Å². The molecule has 20 heavy (non-hydrogen) atoms. The molecule has 0 amide bonds. The molecule has 6 heteroatoms. The lowest BCUT2D eigenvalue weighted by Gasteiger charge is -2.13. The quantitative estimate of drug-likeness (QED) is 0.847. The molecule has 2 aromatic heterocycles. The van der Waals surface area contributed by atoms with Crippen molar-refractivity contribution < 1.29 is 4.52 Å². The molecule has 3 heterocycles. The van der Waals surface area contributed by atoms with E-state index in [2.05, 4.69) is 21.1 Å². The summed E-state index contributed by atoms with van der Waals surface area (Å²) in [6.45, 7) is 4.65. The fourth-order valence-corrected chi connectivity index (χ4v) is 2.75. The van der Waals surface area contributed by atoms with Gasteiger partial charge in [-0.25, -0.2) is 0 Å². The van der Waals surface area contributed by atoms with E-state index in [1.54, 1.807) is 0 Å². The Morgan fingerprint density at radius 1 is 1.55 bits per heavy atom. The molecular weight excluding hydrogens is 254 g/mol. The highest BCUT2D eigenvalue weighted by molar-refractivity contribution is 5.28. The fraction of sp³-hybridized carbons (Fsp3) is 0.500. The second-order valence-corrected chi connectivity index (χ2v) is 5.36. The van der Waals surface area contributed by atoms with Crippen LogP contribution in [0.5, 0.6) is 0 Å². The second kappa shape index (κ2) is 5.10. The smallest absolute Gasteiger partial charge is 0.231 e. The van der Waals surface area contributed by atoms with E-state index in [1.807, 2.05) is 30.8 Å². The van der Waals surface area contributed by atoms with Gasteiger partial charge in [0, 0.05) is 26.3 Å². The Labute approximate surface area is 117 Å².